The molecule has 1 heterocycles. The number of quaternary nitrogens is 1. The van der Waals surface area contributed by atoms with Crippen LogP contribution in [-0.2, 0) is 6.54 Å². The van der Waals surface area contributed by atoms with Crippen LogP contribution in [0.4, 0.5) is 5.69 Å². The molecular formula is C13H19N2O3+. The summed E-state index contributed by atoms with van der Waals surface area (Å²) >= 11 is 0. The standard InChI is InChI=1S/C13H18N2O3/c16-10-12-2-1-7-14(9-12)8-11-3-5-13(6-4-11)15(17)18/h3-6,12,16H,1-2,7-10H2/p+1/t12-/m0/s1. The Labute approximate surface area is 106 Å². The van der Waals surface area contributed by atoms with Crippen LogP contribution in [0, 0.1) is 16.0 Å². The molecule has 0 bridgehead atoms. The maximum absolute atomic E-state index is 10.6. The van der Waals surface area contributed by atoms with Gasteiger partial charge in [-0.25, -0.2) is 0 Å². The lowest BCUT2D eigenvalue weighted by atomic mass is 9.98. The van der Waals surface area contributed by atoms with Crippen LogP contribution in [-0.4, -0.2) is 29.7 Å². The quantitative estimate of drug-likeness (QED) is 0.600. The Hall–Kier alpha value is -1.46. The lowest BCUT2D eigenvalue weighted by Gasteiger charge is -2.28. The molecule has 5 heteroatoms. The fourth-order valence-corrected chi connectivity index (χ4v) is 2.59. The smallest absolute Gasteiger partial charge is 0.269 e. The van der Waals surface area contributed by atoms with E-state index in [9.17, 15) is 15.2 Å². The third-order valence-corrected chi connectivity index (χ3v) is 3.58. The number of hydrogen-bond donors (Lipinski definition) is 2. The fourth-order valence-electron chi connectivity index (χ4n) is 2.59. The number of hydrogen-bond acceptors (Lipinski definition) is 3. The van der Waals surface area contributed by atoms with Gasteiger partial charge in [-0.05, 0) is 25.0 Å². The number of benzene rings is 1. The molecule has 1 aromatic carbocycles. The number of nitrogens with one attached hydrogen (secondary N) is 1. The summed E-state index contributed by atoms with van der Waals surface area (Å²) in [6.07, 6.45) is 2.26. The number of aliphatic hydroxyl groups excluding tert-OH is 1. The second-order valence-electron chi connectivity index (χ2n) is 5.00. The van der Waals surface area contributed by atoms with Gasteiger partial charge in [0.05, 0.1) is 24.6 Å². The van der Waals surface area contributed by atoms with Crippen molar-refractivity contribution in [3.05, 3.63) is 39.9 Å². The van der Waals surface area contributed by atoms with Gasteiger partial charge in [0.15, 0.2) is 0 Å². The van der Waals surface area contributed by atoms with E-state index in [1.165, 1.54) is 4.90 Å². The lowest BCUT2D eigenvalue weighted by molar-refractivity contribution is -0.922. The van der Waals surface area contributed by atoms with Gasteiger partial charge in [0.2, 0.25) is 0 Å². The molecule has 1 aromatic rings. The average molecular weight is 251 g/mol. The van der Waals surface area contributed by atoms with Crippen LogP contribution < -0.4 is 4.90 Å². The zero-order valence-corrected chi connectivity index (χ0v) is 10.3. The van der Waals surface area contributed by atoms with Gasteiger partial charge in [0.1, 0.15) is 6.54 Å². The molecule has 2 atom stereocenters. The van der Waals surface area contributed by atoms with Crippen LogP contribution in [0.3, 0.4) is 0 Å². The van der Waals surface area contributed by atoms with Crippen molar-refractivity contribution in [3.63, 3.8) is 0 Å². The van der Waals surface area contributed by atoms with Gasteiger partial charge < -0.3 is 10.0 Å². The number of piperidine rings is 1. The first-order valence-corrected chi connectivity index (χ1v) is 6.37. The first kappa shape index (κ1) is 13.0. The summed E-state index contributed by atoms with van der Waals surface area (Å²) in [4.78, 5) is 11.6. The summed E-state index contributed by atoms with van der Waals surface area (Å²) in [5.74, 6) is 0.409. The first-order chi connectivity index (χ1) is 8.69. The summed E-state index contributed by atoms with van der Waals surface area (Å²) in [6, 6.07) is 6.77. The highest BCUT2D eigenvalue weighted by Crippen LogP contribution is 2.12. The number of aliphatic hydroxyl groups is 1. The zero-order chi connectivity index (χ0) is 13.0. The van der Waals surface area contributed by atoms with Crippen molar-refractivity contribution < 1.29 is 14.9 Å². The fraction of sp³-hybridized carbons (Fsp3) is 0.538. The molecule has 1 fully saturated rings. The van der Waals surface area contributed by atoms with Crippen LogP contribution in [0.1, 0.15) is 18.4 Å². The predicted molar refractivity (Wildman–Crippen MR) is 67.3 cm³/mol. The van der Waals surface area contributed by atoms with Crippen LogP contribution >= 0.6 is 0 Å². The van der Waals surface area contributed by atoms with Crippen LogP contribution in [0.25, 0.3) is 0 Å². The van der Waals surface area contributed by atoms with Gasteiger partial charge in [-0.1, -0.05) is 0 Å². The van der Waals surface area contributed by atoms with E-state index in [2.05, 4.69) is 0 Å². The van der Waals surface area contributed by atoms with Crippen LogP contribution in [0.5, 0.6) is 0 Å². The second-order valence-corrected chi connectivity index (χ2v) is 5.00. The first-order valence-electron chi connectivity index (χ1n) is 6.37. The van der Waals surface area contributed by atoms with Gasteiger partial charge in [-0.3, -0.25) is 10.1 Å². The van der Waals surface area contributed by atoms with Crippen LogP contribution in [0.15, 0.2) is 24.3 Å². The highest BCUT2D eigenvalue weighted by atomic mass is 16.6. The highest BCUT2D eigenvalue weighted by Gasteiger charge is 2.22. The Bertz CT molecular complexity index is 405. The Morgan fingerprint density at radius 2 is 2.11 bits per heavy atom. The summed E-state index contributed by atoms with van der Waals surface area (Å²) in [7, 11) is 0. The molecule has 1 aliphatic rings. The molecule has 0 amide bonds. The number of non-ortho nitro benzene ring substituents is 1. The molecule has 1 unspecified atom stereocenters. The van der Waals surface area contributed by atoms with Gasteiger partial charge >= 0.3 is 0 Å². The number of nitro groups is 1. The third-order valence-electron chi connectivity index (χ3n) is 3.58. The van der Waals surface area contributed by atoms with E-state index in [1.807, 2.05) is 12.1 Å². The van der Waals surface area contributed by atoms with Crippen molar-refractivity contribution >= 4 is 5.69 Å². The highest BCUT2D eigenvalue weighted by molar-refractivity contribution is 5.32. The minimum Gasteiger partial charge on any atom is -0.396 e. The molecule has 5 nitrogen and oxygen atoms in total. The Morgan fingerprint density at radius 3 is 2.72 bits per heavy atom. The Balaban J connectivity index is 1.94. The zero-order valence-electron chi connectivity index (χ0n) is 10.3. The monoisotopic (exact) mass is 251 g/mol. The van der Waals surface area contributed by atoms with E-state index < -0.39 is 0 Å². The van der Waals surface area contributed by atoms with E-state index in [-0.39, 0.29) is 17.2 Å². The molecule has 0 saturated carbocycles. The molecule has 2 N–H and O–H groups in total. The SMILES string of the molecule is O=[N+]([O-])c1ccc(C[NH+]2CCC[C@H](CO)C2)cc1. The number of nitrogens with zero attached hydrogens (tertiary/aromatic N) is 1. The van der Waals surface area contributed by atoms with Gasteiger partial charge in [0, 0.05) is 23.6 Å². The summed E-state index contributed by atoms with van der Waals surface area (Å²) in [5.41, 5.74) is 1.26. The van der Waals surface area contributed by atoms with Crippen molar-refractivity contribution in [2.24, 2.45) is 5.92 Å². The van der Waals surface area contributed by atoms with Crippen LogP contribution in [0.2, 0.25) is 0 Å². The van der Waals surface area contributed by atoms with Crippen molar-refractivity contribution in [3.8, 4) is 0 Å². The molecule has 0 radical (unpaired) electrons. The average Bonchev–Trinajstić information content (AvgIpc) is 2.39. The normalized spacial score (nSPS) is 23.8. The number of nitro benzene ring substituents is 1. The van der Waals surface area contributed by atoms with E-state index in [0.717, 1.165) is 38.0 Å². The topological polar surface area (TPSA) is 67.8 Å². The second kappa shape index (κ2) is 5.93. The molecule has 0 aliphatic carbocycles. The van der Waals surface area contributed by atoms with E-state index in [1.54, 1.807) is 12.1 Å². The molecule has 1 aliphatic heterocycles. The molecule has 98 valence electrons. The largest absolute Gasteiger partial charge is 0.396 e. The molecule has 0 spiro atoms. The van der Waals surface area contributed by atoms with Gasteiger partial charge in [-0.15, -0.1) is 0 Å². The Kier molecular flexibility index (Phi) is 4.28. The molecule has 1 saturated heterocycles. The van der Waals surface area contributed by atoms with Crippen molar-refractivity contribution in [2.75, 3.05) is 19.7 Å². The van der Waals surface area contributed by atoms with E-state index in [0.29, 0.717) is 5.92 Å². The minimum absolute atomic E-state index is 0.139. The summed E-state index contributed by atoms with van der Waals surface area (Å²) in [5, 5.41) is 19.7. The maximum atomic E-state index is 10.6. The van der Waals surface area contributed by atoms with Crippen molar-refractivity contribution in [1.82, 2.24) is 0 Å². The van der Waals surface area contributed by atoms with Gasteiger partial charge in [0.25, 0.3) is 5.69 Å². The van der Waals surface area contributed by atoms with Crippen molar-refractivity contribution in [1.29, 1.82) is 0 Å². The summed E-state index contributed by atoms with van der Waals surface area (Å²) < 4.78 is 0. The minimum atomic E-state index is -0.376. The van der Waals surface area contributed by atoms with Gasteiger partial charge in [-0.2, -0.15) is 0 Å². The molecular weight excluding hydrogens is 232 g/mol. The third kappa shape index (κ3) is 3.27. The van der Waals surface area contributed by atoms with E-state index in [4.69, 9.17) is 0 Å². The van der Waals surface area contributed by atoms with E-state index >= 15 is 0 Å². The molecule has 0 aromatic heterocycles. The van der Waals surface area contributed by atoms with Crippen molar-refractivity contribution in [2.45, 2.75) is 19.4 Å². The predicted octanol–water partition coefficient (Wildman–Crippen LogP) is 0.382. The molecule has 18 heavy (non-hydrogen) atoms. The summed E-state index contributed by atoms with van der Waals surface area (Å²) in [6.45, 7) is 3.26. The lowest BCUT2D eigenvalue weighted by Crippen LogP contribution is -3.12. The number of likely N-dealkylation sites (tertiary alicyclic amines) is 1. The maximum Gasteiger partial charge on any atom is 0.269 e. The number of rotatable bonds is 4. The molecule has 2 rings (SSSR count). The Morgan fingerprint density at radius 1 is 1.39 bits per heavy atom.